The number of esters is 1. The van der Waals surface area contributed by atoms with Crippen LogP contribution in [0.5, 0.6) is 5.75 Å². The molecule has 1 rings (SSSR count). The molecule has 0 saturated heterocycles. The minimum atomic E-state index is -0.601. The Labute approximate surface area is 113 Å². The minimum absolute atomic E-state index is 0.0101. The molecular weight excluding hydrogens is 242 g/mol. The molecule has 0 heterocycles. The predicted molar refractivity (Wildman–Crippen MR) is 72.5 cm³/mol. The third kappa shape index (κ3) is 4.84. The van der Waals surface area contributed by atoms with E-state index in [9.17, 15) is 4.79 Å². The lowest BCUT2D eigenvalue weighted by atomic mass is 10.1. The standard InChI is InChI=1S/C15H17NO3/c1-3-9-19-14-7-5-12(6-8-14)10-13(11-16)15(17)18-4-2/h5-8,10H,3-4,9H2,1-2H3/b13-10-. The number of nitriles is 1. The number of nitrogens with zero attached hydrogens (tertiary/aromatic N) is 1. The van der Waals surface area contributed by atoms with Gasteiger partial charge in [-0.3, -0.25) is 0 Å². The summed E-state index contributed by atoms with van der Waals surface area (Å²) in [6.45, 7) is 4.66. The van der Waals surface area contributed by atoms with Crippen molar-refractivity contribution in [3.8, 4) is 11.8 Å². The van der Waals surface area contributed by atoms with Gasteiger partial charge < -0.3 is 9.47 Å². The molecule has 0 atom stereocenters. The van der Waals surface area contributed by atoms with Crippen molar-refractivity contribution < 1.29 is 14.3 Å². The van der Waals surface area contributed by atoms with Crippen LogP contribution < -0.4 is 4.74 Å². The van der Waals surface area contributed by atoms with E-state index in [-0.39, 0.29) is 12.2 Å². The highest BCUT2D eigenvalue weighted by Crippen LogP contribution is 2.15. The molecule has 0 aromatic heterocycles. The lowest BCUT2D eigenvalue weighted by Gasteiger charge is -2.04. The van der Waals surface area contributed by atoms with E-state index >= 15 is 0 Å². The van der Waals surface area contributed by atoms with Gasteiger partial charge in [-0.05, 0) is 37.1 Å². The molecule has 1 aromatic rings. The largest absolute Gasteiger partial charge is 0.494 e. The molecule has 0 fully saturated rings. The summed E-state index contributed by atoms with van der Waals surface area (Å²) in [5.74, 6) is 0.171. The number of rotatable bonds is 6. The Kier molecular flexibility index (Phi) is 6.17. The fourth-order valence-corrected chi connectivity index (χ4v) is 1.39. The maximum Gasteiger partial charge on any atom is 0.348 e. The zero-order valence-corrected chi connectivity index (χ0v) is 11.2. The van der Waals surface area contributed by atoms with E-state index in [2.05, 4.69) is 0 Å². The molecule has 19 heavy (non-hydrogen) atoms. The van der Waals surface area contributed by atoms with Crippen LogP contribution in [-0.4, -0.2) is 19.2 Å². The van der Waals surface area contributed by atoms with Crippen molar-refractivity contribution in [3.63, 3.8) is 0 Å². The zero-order chi connectivity index (χ0) is 14.1. The molecule has 0 amide bonds. The fraction of sp³-hybridized carbons (Fsp3) is 0.333. The molecule has 4 heteroatoms. The molecule has 0 saturated carbocycles. The quantitative estimate of drug-likeness (QED) is 0.447. The predicted octanol–water partition coefficient (Wildman–Crippen LogP) is 2.95. The van der Waals surface area contributed by atoms with Crippen LogP contribution in [0, 0.1) is 11.3 Å². The molecule has 1 aromatic carbocycles. The number of benzene rings is 1. The topological polar surface area (TPSA) is 59.3 Å². The summed E-state index contributed by atoms with van der Waals surface area (Å²) in [5.41, 5.74) is 0.748. The van der Waals surface area contributed by atoms with E-state index in [0.717, 1.165) is 17.7 Å². The number of hydrogen-bond acceptors (Lipinski definition) is 4. The molecule has 100 valence electrons. The van der Waals surface area contributed by atoms with Crippen molar-refractivity contribution in [2.45, 2.75) is 20.3 Å². The van der Waals surface area contributed by atoms with Crippen LogP contribution in [0.15, 0.2) is 29.8 Å². The first-order chi connectivity index (χ1) is 9.21. The molecule has 0 aliphatic heterocycles. The van der Waals surface area contributed by atoms with Gasteiger partial charge in [0.1, 0.15) is 17.4 Å². The SMILES string of the molecule is CCCOc1ccc(/C=C(/C#N)C(=O)OCC)cc1. The third-order valence-electron chi connectivity index (χ3n) is 2.28. The zero-order valence-electron chi connectivity index (χ0n) is 11.2. The van der Waals surface area contributed by atoms with E-state index in [1.807, 2.05) is 25.1 Å². The van der Waals surface area contributed by atoms with Gasteiger partial charge >= 0.3 is 5.97 Å². The van der Waals surface area contributed by atoms with E-state index < -0.39 is 5.97 Å². The Morgan fingerprint density at radius 3 is 2.53 bits per heavy atom. The van der Waals surface area contributed by atoms with Gasteiger partial charge in [0.25, 0.3) is 0 Å². The maximum atomic E-state index is 11.4. The fourth-order valence-electron chi connectivity index (χ4n) is 1.39. The molecule has 4 nitrogen and oxygen atoms in total. The van der Waals surface area contributed by atoms with Crippen molar-refractivity contribution >= 4 is 12.0 Å². The van der Waals surface area contributed by atoms with Crippen molar-refractivity contribution in [2.24, 2.45) is 0 Å². The van der Waals surface area contributed by atoms with E-state index in [4.69, 9.17) is 14.7 Å². The van der Waals surface area contributed by atoms with E-state index in [1.165, 1.54) is 6.08 Å². The van der Waals surface area contributed by atoms with Gasteiger partial charge in [-0.15, -0.1) is 0 Å². The normalized spacial score (nSPS) is 10.7. The molecule has 0 aliphatic carbocycles. The van der Waals surface area contributed by atoms with Gasteiger partial charge in [-0.25, -0.2) is 4.79 Å². The molecular formula is C15H17NO3. The van der Waals surface area contributed by atoms with Gasteiger partial charge in [-0.2, -0.15) is 5.26 Å². The molecule has 0 aliphatic rings. The Balaban J connectivity index is 2.80. The van der Waals surface area contributed by atoms with Crippen LogP contribution >= 0.6 is 0 Å². The van der Waals surface area contributed by atoms with Gasteiger partial charge in [0.05, 0.1) is 13.2 Å². The maximum absolute atomic E-state index is 11.4. The Morgan fingerprint density at radius 1 is 1.32 bits per heavy atom. The number of ether oxygens (including phenoxy) is 2. The summed E-state index contributed by atoms with van der Waals surface area (Å²) in [7, 11) is 0. The van der Waals surface area contributed by atoms with Crippen LogP contribution in [0.3, 0.4) is 0 Å². The number of hydrogen-bond donors (Lipinski definition) is 0. The summed E-state index contributed by atoms with van der Waals surface area (Å²) in [4.78, 5) is 11.4. The monoisotopic (exact) mass is 259 g/mol. The Morgan fingerprint density at radius 2 is 2.00 bits per heavy atom. The third-order valence-corrected chi connectivity index (χ3v) is 2.28. The Hall–Kier alpha value is -2.28. The second-order valence-electron chi connectivity index (χ2n) is 3.81. The smallest absolute Gasteiger partial charge is 0.348 e. The first kappa shape index (κ1) is 14.8. The van der Waals surface area contributed by atoms with Crippen LogP contribution in [0.2, 0.25) is 0 Å². The van der Waals surface area contributed by atoms with Crippen LogP contribution in [0.4, 0.5) is 0 Å². The summed E-state index contributed by atoms with van der Waals surface area (Å²) >= 11 is 0. The van der Waals surface area contributed by atoms with Crippen LogP contribution in [-0.2, 0) is 9.53 Å². The summed E-state index contributed by atoms with van der Waals surface area (Å²) in [6, 6.07) is 9.04. The van der Waals surface area contributed by atoms with Gasteiger partial charge in [-0.1, -0.05) is 19.1 Å². The molecule has 0 spiro atoms. The average Bonchev–Trinajstić information content (AvgIpc) is 2.44. The highest BCUT2D eigenvalue weighted by molar-refractivity contribution is 5.97. The van der Waals surface area contributed by atoms with Crippen LogP contribution in [0.25, 0.3) is 6.08 Å². The first-order valence-corrected chi connectivity index (χ1v) is 6.23. The summed E-state index contributed by atoms with van der Waals surface area (Å²) in [5, 5.41) is 8.91. The number of carbonyl (C=O) groups is 1. The second-order valence-corrected chi connectivity index (χ2v) is 3.81. The lowest BCUT2D eigenvalue weighted by molar-refractivity contribution is -0.137. The molecule has 0 N–H and O–H groups in total. The average molecular weight is 259 g/mol. The minimum Gasteiger partial charge on any atom is -0.494 e. The van der Waals surface area contributed by atoms with Crippen molar-refractivity contribution in [1.82, 2.24) is 0 Å². The second kappa shape index (κ2) is 7.93. The van der Waals surface area contributed by atoms with Gasteiger partial charge in [0.15, 0.2) is 0 Å². The van der Waals surface area contributed by atoms with E-state index in [1.54, 1.807) is 19.1 Å². The van der Waals surface area contributed by atoms with Crippen molar-refractivity contribution in [1.29, 1.82) is 5.26 Å². The van der Waals surface area contributed by atoms with Crippen LogP contribution in [0.1, 0.15) is 25.8 Å². The molecule has 0 bridgehead atoms. The Bertz CT molecular complexity index is 483. The first-order valence-electron chi connectivity index (χ1n) is 6.23. The number of carbonyl (C=O) groups excluding carboxylic acids is 1. The highest BCUT2D eigenvalue weighted by atomic mass is 16.5. The van der Waals surface area contributed by atoms with Crippen molar-refractivity contribution in [2.75, 3.05) is 13.2 Å². The van der Waals surface area contributed by atoms with Gasteiger partial charge in [0.2, 0.25) is 0 Å². The van der Waals surface area contributed by atoms with Gasteiger partial charge in [0, 0.05) is 0 Å². The van der Waals surface area contributed by atoms with Crippen molar-refractivity contribution in [3.05, 3.63) is 35.4 Å². The summed E-state index contributed by atoms with van der Waals surface area (Å²) in [6.07, 6.45) is 2.45. The summed E-state index contributed by atoms with van der Waals surface area (Å²) < 4.78 is 10.2. The highest BCUT2D eigenvalue weighted by Gasteiger charge is 2.09. The molecule has 0 radical (unpaired) electrons. The van der Waals surface area contributed by atoms with E-state index in [0.29, 0.717) is 6.61 Å². The lowest BCUT2D eigenvalue weighted by Crippen LogP contribution is -2.05. The molecule has 0 unspecified atom stereocenters.